The third kappa shape index (κ3) is 3.44. The first kappa shape index (κ1) is 17.6. The second-order valence-corrected chi connectivity index (χ2v) is 7.41. The zero-order valence-electron chi connectivity index (χ0n) is 15.4. The molecule has 1 aromatic heterocycles. The fraction of sp³-hybridized carbons (Fsp3) is 0.429. The highest BCUT2D eigenvalue weighted by Crippen LogP contribution is 2.46. The van der Waals surface area contributed by atoms with Crippen LogP contribution in [0, 0.1) is 0 Å². The maximum Gasteiger partial charge on any atom is 0.257 e. The van der Waals surface area contributed by atoms with Crippen LogP contribution in [0.1, 0.15) is 47.5 Å². The Hall–Kier alpha value is -2.76. The molecule has 1 unspecified atom stereocenters. The molecule has 4 rings (SSSR count). The number of benzene rings is 1. The van der Waals surface area contributed by atoms with Gasteiger partial charge in [-0.15, -0.1) is 0 Å². The van der Waals surface area contributed by atoms with Crippen molar-refractivity contribution in [2.24, 2.45) is 0 Å². The standard InChI is InChI=1S/C21H24N2O4/c1-22-19(24)12-16-13-21(27-18-5-3-2-4-17(16)18)7-9-23(10-8-21)20(25)15-6-11-26-14-15/h2-6,11,14,16H,7-10,12-13H2,1H3,(H,22,24). The summed E-state index contributed by atoms with van der Waals surface area (Å²) >= 11 is 0. The summed E-state index contributed by atoms with van der Waals surface area (Å²) in [6.45, 7) is 1.28. The number of rotatable bonds is 3. The number of amides is 2. The van der Waals surface area contributed by atoms with Gasteiger partial charge in [0.25, 0.3) is 5.91 Å². The van der Waals surface area contributed by atoms with Crippen LogP contribution in [0.5, 0.6) is 5.75 Å². The van der Waals surface area contributed by atoms with E-state index in [9.17, 15) is 9.59 Å². The van der Waals surface area contributed by atoms with Crippen LogP contribution < -0.4 is 10.1 Å². The monoisotopic (exact) mass is 368 g/mol. The second kappa shape index (κ2) is 7.10. The molecule has 1 atom stereocenters. The van der Waals surface area contributed by atoms with Gasteiger partial charge in [-0.25, -0.2) is 0 Å². The number of para-hydroxylation sites is 1. The van der Waals surface area contributed by atoms with Crippen LogP contribution in [0.2, 0.25) is 0 Å². The minimum atomic E-state index is -0.319. The summed E-state index contributed by atoms with van der Waals surface area (Å²) in [6, 6.07) is 9.68. The molecule has 2 aromatic rings. The van der Waals surface area contributed by atoms with E-state index in [0.29, 0.717) is 25.1 Å². The molecule has 0 aliphatic carbocycles. The Morgan fingerprint density at radius 2 is 2.00 bits per heavy atom. The molecule has 1 saturated heterocycles. The number of likely N-dealkylation sites (tertiary alicyclic amines) is 1. The average Bonchev–Trinajstić information content (AvgIpc) is 3.23. The van der Waals surface area contributed by atoms with Crippen molar-refractivity contribution in [2.45, 2.75) is 37.2 Å². The van der Waals surface area contributed by atoms with E-state index < -0.39 is 0 Å². The number of carbonyl (C=O) groups excluding carboxylic acids is 2. The van der Waals surface area contributed by atoms with Crippen LogP contribution in [0.25, 0.3) is 0 Å². The molecule has 3 heterocycles. The Kier molecular flexibility index (Phi) is 4.64. The fourth-order valence-corrected chi connectivity index (χ4v) is 4.24. The number of piperidine rings is 1. The molecular weight excluding hydrogens is 344 g/mol. The summed E-state index contributed by atoms with van der Waals surface area (Å²) in [7, 11) is 1.67. The minimum absolute atomic E-state index is 0.00304. The fourth-order valence-electron chi connectivity index (χ4n) is 4.24. The van der Waals surface area contributed by atoms with E-state index in [0.717, 1.165) is 30.6 Å². The third-order valence-electron chi connectivity index (χ3n) is 5.74. The number of nitrogens with one attached hydrogen (secondary N) is 1. The molecule has 142 valence electrons. The largest absolute Gasteiger partial charge is 0.487 e. The number of nitrogens with zero attached hydrogens (tertiary/aromatic N) is 1. The smallest absolute Gasteiger partial charge is 0.257 e. The SMILES string of the molecule is CNC(=O)CC1CC2(CCN(C(=O)c3ccoc3)CC2)Oc2ccccc21. The number of carbonyl (C=O) groups is 2. The van der Waals surface area contributed by atoms with Gasteiger partial charge in [0.1, 0.15) is 17.6 Å². The molecule has 0 bridgehead atoms. The number of ether oxygens (including phenoxy) is 1. The van der Waals surface area contributed by atoms with Gasteiger partial charge >= 0.3 is 0 Å². The van der Waals surface area contributed by atoms with Gasteiger partial charge in [-0.05, 0) is 24.1 Å². The normalized spacial score (nSPS) is 20.6. The van der Waals surface area contributed by atoms with Crippen molar-refractivity contribution < 1.29 is 18.7 Å². The first-order chi connectivity index (χ1) is 13.1. The molecular formula is C21H24N2O4. The number of hydrogen-bond donors (Lipinski definition) is 1. The van der Waals surface area contributed by atoms with Crippen LogP contribution in [0.15, 0.2) is 47.3 Å². The first-order valence-electron chi connectivity index (χ1n) is 9.40. The molecule has 1 aromatic carbocycles. The molecule has 2 amide bonds. The van der Waals surface area contributed by atoms with Crippen molar-refractivity contribution in [3.05, 3.63) is 54.0 Å². The molecule has 1 spiro atoms. The second-order valence-electron chi connectivity index (χ2n) is 7.41. The van der Waals surface area contributed by atoms with Crippen LogP contribution in [-0.2, 0) is 4.79 Å². The van der Waals surface area contributed by atoms with Crippen molar-refractivity contribution in [1.29, 1.82) is 0 Å². The number of hydrogen-bond acceptors (Lipinski definition) is 4. The Bertz CT molecular complexity index is 822. The molecule has 0 saturated carbocycles. The summed E-state index contributed by atoms with van der Waals surface area (Å²) in [5.41, 5.74) is 1.36. The molecule has 6 heteroatoms. The Morgan fingerprint density at radius 1 is 1.22 bits per heavy atom. The lowest BCUT2D eigenvalue weighted by molar-refractivity contribution is -0.121. The van der Waals surface area contributed by atoms with Crippen molar-refractivity contribution in [2.75, 3.05) is 20.1 Å². The van der Waals surface area contributed by atoms with Crippen molar-refractivity contribution in [1.82, 2.24) is 10.2 Å². The zero-order chi connectivity index (χ0) is 18.9. The summed E-state index contributed by atoms with van der Waals surface area (Å²) in [5, 5.41) is 2.73. The molecule has 1 N–H and O–H groups in total. The third-order valence-corrected chi connectivity index (χ3v) is 5.74. The van der Waals surface area contributed by atoms with Crippen LogP contribution in [-0.4, -0.2) is 42.5 Å². The summed E-state index contributed by atoms with van der Waals surface area (Å²) in [5.74, 6) is 1.04. The van der Waals surface area contributed by atoms with Gasteiger partial charge in [0.2, 0.25) is 5.91 Å². The number of fused-ring (bicyclic) bond motifs is 1. The molecule has 2 aliphatic heterocycles. The van der Waals surface area contributed by atoms with Crippen LogP contribution >= 0.6 is 0 Å². The Morgan fingerprint density at radius 3 is 2.70 bits per heavy atom. The lowest BCUT2D eigenvalue weighted by Gasteiger charge is -2.46. The van der Waals surface area contributed by atoms with E-state index in [1.165, 1.54) is 12.5 Å². The zero-order valence-corrected chi connectivity index (χ0v) is 15.4. The Balaban J connectivity index is 1.51. The highest BCUT2D eigenvalue weighted by molar-refractivity contribution is 5.93. The van der Waals surface area contributed by atoms with Gasteiger partial charge in [-0.1, -0.05) is 18.2 Å². The van der Waals surface area contributed by atoms with E-state index in [1.54, 1.807) is 13.1 Å². The maximum absolute atomic E-state index is 12.6. The lowest BCUT2D eigenvalue weighted by Crippen LogP contribution is -2.52. The molecule has 6 nitrogen and oxygen atoms in total. The molecule has 1 fully saturated rings. The van der Waals surface area contributed by atoms with Crippen molar-refractivity contribution >= 4 is 11.8 Å². The lowest BCUT2D eigenvalue weighted by atomic mass is 9.76. The van der Waals surface area contributed by atoms with Gasteiger partial charge < -0.3 is 19.4 Å². The first-order valence-corrected chi connectivity index (χ1v) is 9.40. The van der Waals surface area contributed by atoms with Gasteiger partial charge in [-0.2, -0.15) is 0 Å². The highest BCUT2D eigenvalue weighted by Gasteiger charge is 2.44. The van der Waals surface area contributed by atoms with Gasteiger partial charge in [-0.3, -0.25) is 9.59 Å². The predicted octanol–water partition coefficient (Wildman–Crippen LogP) is 2.96. The molecule has 2 aliphatic rings. The van der Waals surface area contributed by atoms with Crippen molar-refractivity contribution in [3.8, 4) is 5.75 Å². The highest BCUT2D eigenvalue weighted by atomic mass is 16.5. The number of furan rings is 1. The van der Waals surface area contributed by atoms with Gasteiger partial charge in [0.05, 0.1) is 11.8 Å². The van der Waals surface area contributed by atoms with Crippen molar-refractivity contribution in [3.63, 3.8) is 0 Å². The predicted molar refractivity (Wildman–Crippen MR) is 99.7 cm³/mol. The summed E-state index contributed by atoms with van der Waals surface area (Å²) in [4.78, 5) is 26.4. The Labute approximate surface area is 158 Å². The maximum atomic E-state index is 12.6. The van der Waals surface area contributed by atoms with Crippen LogP contribution in [0.3, 0.4) is 0 Å². The van der Waals surface area contributed by atoms with E-state index in [2.05, 4.69) is 5.32 Å². The van der Waals surface area contributed by atoms with E-state index >= 15 is 0 Å². The van der Waals surface area contributed by atoms with E-state index in [1.807, 2.05) is 29.2 Å². The molecule has 27 heavy (non-hydrogen) atoms. The quantitative estimate of drug-likeness (QED) is 0.904. The van der Waals surface area contributed by atoms with E-state index in [-0.39, 0.29) is 23.3 Å². The summed E-state index contributed by atoms with van der Waals surface area (Å²) in [6.07, 6.45) is 5.77. The van der Waals surface area contributed by atoms with Gasteiger partial charge in [0, 0.05) is 45.3 Å². The van der Waals surface area contributed by atoms with Gasteiger partial charge in [0.15, 0.2) is 0 Å². The van der Waals surface area contributed by atoms with Crippen LogP contribution in [0.4, 0.5) is 0 Å². The minimum Gasteiger partial charge on any atom is -0.487 e. The topological polar surface area (TPSA) is 71.8 Å². The molecule has 0 radical (unpaired) electrons. The average molecular weight is 368 g/mol. The van der Waals surface area contributed by atoms with E-state index in [4.69, 9.17) is 9.15 Å². The summed E-state index contributed by atoms with van der Waals surface area (Å²) < 4.78 is 11.5.